The minimum atomic E-state index is 0.00656. The van der Waals surface area contributed by atoms with Gasteiger partial charge in [-0.3, -0.25) is 4.79 Å². The summed E-state index contributed by atoms with van der Waals surface area (Å²) in [5, 5.41) is 8.40. The van der Waals surface area contributed by atoms with Gasteiger partial charge >= 0.3 is 0 Å². The van der Waals surface area contributed by atoms with Crippen molar-refractivity contribution in [3.05, 3.63) is 22.4 Å². The highest BCUT2D eigenvalue weighted by atomic mass is 32.1. The molecule has 0 spiro atoms. The molecule has 1 saturated heterocycles. The number of rotatable bonds is 4. The van der Waals surface area contributed by atoms with E-state index in [-0.39, 0.29) is 11.9 Å². The molecular formula is C13H20N2OS. The van der Waals surface area contributed by atoms with Crippen molar-refractivity contribution >= 4 is 17.2 Å². The van der Waals surface area contributed by atoms with Crippen LogP contribution in [0.2, 0.25) is 0 Å². The molecule has 0 aromatic carbocycles. The Bertz CT molecular complexity index is 350. The van der Waals surface area contributed by atoms with Crippen LogP contribution in [0.25, 0.3) is 0 Å². The Labute approximate surface area is 107 Å². The van der Waals surface area contributed by atoms with Crippen LogP contribution in [0.4, 0.5) is 0 Å². The Kier molecular flexibility index (Phi) is 4.57. The van der Waals surface area contributed by atoms with Crippen LogP contribution >= 0.6 is 11.3 Å². The number of nitrogens with one attached hydrogen (secondary N) is 2. The molecule has 17 heavy (non-hydrogen) atoms. The molecule has 2 unspecified atom stereocenters. The Balaban J connectivity index is 1.73. The smallest absolute Gasteiger partial charge is 0.237 e. The van der Waals surface area contributed by atoms with Gasteiger partial charge in [-0.1, -0.05) is 13.0 Å². The molecule has 2 rings (SSSR count). The molecule has 0 radical (unpaired) electrons. The SMILES string of the molecule is CC1CCCNC1C(=O)NCCc1cccs1. The summed E-state index contributed by atoms with van der Waals surface area (Å²) in [6.07, 6.45) is 3.26. The summed E-state index contributed by atoms with van der Waals surface area (Å²) >= 11 is 1.74. The molecule has 1 aliphatic rings. The van der Waals surface area contributed by atoms with Crippen LogP contribution in [-0.2, 0) is 11.2 Å². The van der Waals surface area contributed by atoms with E-state index in [4.69, 9.17) is 0 Å². The molecule has 3 nitrogen and oxygen atoms in total. The van der Waals surface area contributed by atoms with Gasteiger partial charge in [-0.2, -0.15) is 0 Å². The fraction of sp³-hybridized carbons (Fsp3) is 0.615. The Morgan fingerprint density at radius 1 is 1.65 bits per heavy atom. The second-order valence-electron chi connectivity index (χ2n) is 4.67. The highest BCUT2D eigenvalue weighted by molar-refractivity contribution is 7.09. The molecule has 4 heteroatoms. The van der Waals surface area contributed by atoms with Crippen LogP contribution in [0.15, 0.2) is 17.5 Å². The lowest BCUT2D eigenvalue weighted by Crippen LogP contribution is -2.51. The van der Waals surface area contributed by atoms with Crippen LogP contribution in [-0.4, -0.2) is 25.0 Å². The lowest BCUT2D eigenvalue weighted by molar-refractivity contribution is -0.124. The first-order valence-corrected chi connectivity index (χ1v) is 7.19. The minimum Gasteiger partial charge on any atom is -0.354 e. The maximum Gasteiger partial charge on any atom is 0.237 e. The third kappa shape index (κ3) is 3.54. The van der Waals surface area contributed by atoms with Gasteiger partial charge in [0.1, 0.15) is 0 Å². The zero-order valence-corrected chi connectivity index (χ0v) is 11.1. The predicted molar refractivity (Wildman–Crippen MR) is 71.2 cm³/mol. The van der Waals surface area contributed by atoms with Crippen LogP contribution in [0.5, 0.6) is 0 Å². The summed E-state index contributed by atoms with van der Waals surface area (Å²) in [7, 11) is 0. The monoisotopic (exact) mass is 252 g/mol. The molecule has 1 aromatic heterocycles. The topological polar surface area (TPSA) is 41.1 Å². The molecule has 94 valence electrons. The maximum absolute atomic E-state index is 12.0. The lowest BCUT2D eigenvalue weighted by atomic mass is 9.92. The molecule has 0 saturated carbocycles. The number of carbonyl (C=O) groups is 1. The number of carbonyl (C=O) groups excluding carboxylic acids is 1. The quantitative estimate of drug-likeness (QED) is 0.858. The normalized spacial score (nSPS) is 24.5. The molecule has 1 amide bonds. The van der Waals surface area contributed by atoms with E-state index in [1.807, 2.05) is 6.07 Å². The van der Waals surface area contributed by atoms with Crippen molar-refractivity contribution in [2.24, 2.45) is 5.92 Å². The third-order valence-electron chi connectivity index (χ3n) is 3.30. The molecule has 2 heterocycles. The van der Waals surface area contributed by atoms with Crippen molar-refractivity contribution in [2.75, 3.05) is 13.1 Å². The van der Waals surface area contributed by atoms with Gasteiger partial charge in [0.05, 0.1) is 6.04 Å². The lowest BCUT2D eigenvalue weighted by Gasteiger charge is -2.28. The highest BCUT2D eigenvalue weighted by Crippen LogP contribution is 2.15. The van der Waals surface area contributed by atoms with Crippen molar-refractivity contribution < 1.29 is 4.79 Å². The van der Waals surface area contributed by atoms with E-state index in [2.05, 4.69) is 29.0 Å². The Hall–Kier alpha value is -0.870. The van der Waals surface area contributed by atoms with E-state index < -0.39 is 0 Å². The Morgan fingerprint density at radius 2 is 2.53 bits per heavy atom. The average molecular weight is 252 g/mol. The zero-order chi connectivity index (χ0) is 12.1. The van der Waals surface area contributed by atoms with Crippen molar-refractivity contribution in [2.45, 2.75) is 32.2 Å². The van der Waals surface area contributed by atoms with E-state index >= 15 is 0 Å². The van der Waals surface area contributed by atoms with E-state index in [0.29, 0.717) is 5.92 Å². The van der Waals surface area contributed by atoms with E-state index in [9.17, 15) is 4.79 Å². The zero-order valence-electron chi connectivity index (χ0n) is 10.2. The fourth-order valence-electron chi connectivity index (χ4n) is 2.27. The van der Waals surface area contributed by atoms with E-state index in [1.54, 1.807) is 11.3 Å². The molecule has 1 fully saturated rings. The summed E-state index contributed by atoms with van der Waals surface area (Å²) in [5.41, 5.74) is 0. The van der Waals surface area contributed by atoms with Gasteiger partial charge in [0.25, 0.3) is 0 Å². The molecule has 0 aliphatic carbocycles. The minimum absolute atomic E-state index is 0.00656. The van der Waals surface area contributed by atoms with Gasteiger partial charge < -0.3 is 10.6 Å². The van der Waals surface area contributed by atoms with Crippen molar-refractivity contribution in [3.63, 3.8) is 0 Å². The first-order valence-electron chi connectivity index (χ1n) is 6.31. The second-order valence-corrected chi connectivity index (χ2v) is 5.70. The van der Waals surface area contributed by atoms with Crippen LogP contribution in [0, 0.1) is 5.92 Å². The summed E-state index contributed by atoms with van der Waals surface area (Å²) < 4.78 is 0. The molecule has 2 atom stereocenters. The van der Waals surface area contributed by atoms with Gasteiger partial charge in [-0.15, -0.1) is 11.3 Å². The van der Waals surface area contributed by atoms with Gasteiger partial charge in [0, 0.05) is 11.4 Å². The predicted octanol–water partition coefficient (Wildman–Crippen LogP) is 1.79. The average Bonchev–Trinajstić information content (AvgIpc) is 2.82. The highest BCUT2D eigenvalue weighted by Gasteiger charge is 2.26. The van der Waals surface area contributed by atoms with Crippen molar-refractivity contribution in [3.8, 4) is 0 Å². The maximum atomic E-state index is 12.0. The van der Waals surface area contributed by atoms with Crippen LogP contribution in [0.3, 0.4) is 0 Å². The molecule has 0 bridgehead atoms. The van der Waals surface area contributed by atoms with Gasteiger partial charge in [-0.05, 0) is 43.2 Å². The van der Waals surface area contributed by atoms with E-state index in [1.165, 1.54) is 11.3 Å². The van der Waals surface area contributed by atoms with Crippen LogP contribution < -0.4 is 10.6 Å². The molecular weight excluding hydrogens is 232 g/mol. The second kappa shape index (κ2) is 6.17. The Morgan fingerprint density at radius 3 is 3.24 bits per heavy atom. The summed E-state index contributed by atoms with van der Waals surface area (Å²) in [4.78, 5) is 13.3. The first kappa shape index (κ1) is 12.6. The summed E-state index contributed by atoms with van der Waals surface area (Å²) in [6, 6.07) is 4.16. The van der Waals surface area contributed by atoms with Gasteiger partial charge in [-0.25, -0.2) is 0 Å². The number of piperidine rings is 1. The fourth-order valence-corrected chi connectivity index (χ4v) is 2.98. The molecule has 1 aliphatic heterocycles. The number of hydrogen-bond donors (Lipinski definition) is 2. The first-order chi connectivity index (χ1) is 8.27. The van der Waals surface area contributed by atoms with Crippen LogP contribution in [0.1, 0.15) is 24.6 Å². The molecule has 2 N–H and O–H groups in total. The summed E-state index contributed by atoms with van der Waals surface area (Å²) in [5.74, 6) is 0.610. The number of hydrogen-bond acceptors (Lipinski definition) is 3. The standard InChI is InChI=1S/C13H20N2OS/c1-10-4-2-7-14-12(10)13(16)15-8-6-11-5-3-9-17-11/h3,5,9-10,12,14H,2,4,6-8H2,1H3,(H,15,16). The summed E-state index contributed by atoms with van der Waals surface area (Å²) in [6.45, 7) is 3.85. The van der Waals surface area contributed by atoms with Gasteiger partial charge in [0.2, 0.25) is 5.91 Å². The third-order valence-corrected chi connectivity index (χ3v) is 4.24. The van der Waals surface area contributed by atoms with E-state index in [0.717, 1.165) is 25.9 Å². The number of thiophene rings is 1. The number of amides is 1. The van der Waals surface area contributed by atoms with Crippen molar-refractivity contribution in [1.82, 2.24) is 10.6 Å². The molecule has 1 aromatic rings. The largest absolute Gasteiger partial charge is 0.354 e. The van der Waals surface area contributed by atoms with Crippen molar-refractivity contribution in [1.29, 1.82) is 0 Å². The van der Waals surface area contributed by atoms with Gasteiger partial charge in [0.15, 0.2) is 0 Å².